The molecule has 3 rings (SSSR count). The van der Waals surface area contributed by atoms with Gasteiger partial charge in [-0.3, -0.25) is 13.9 Å². The normalized spacial score (nSPS) is 12.1. The van der Waals surface area contributed by atoms with Crippen LogP contribution in [-0.2, 0) is 26.2 Å². The first-order valence-electron chi connectivity index (χ1n) is 12.8. The molecule has 0 bridgehead atoms. The van der Waals surface area contributed by atoms with Crippen LogP contribution in [0.1, 0.15) is 37.8 Å². The summed E-state index contributed by atoms with van der Waals surface area (Å²) in [7, 11) is -4.27. The van der Waals surface area contributed by atoms with Crippen LogP contribution in [0.4, 0.5) is 5.69 Å². The van der Waals surface area contributed by atoms with E-state index in [2.05, 4.69) is 5.32 Å². The molecule has 0 fully saturated rings. The summed E-state index contributed by atoms with van der Waals surface area (Å²) in [6.07, 6.45) is 1.68. The van der Waals surface area contributed by atoms with E-state index in [1.807, 2.05) is 13.8 Å². The third kappa shape index (κ3) is 7.91. The molecule has 11 heteroatoms. The number of amides is 2. The van der Waals surface area contributed by atoms with Gasteiger partial charge in [0.05, 0.1) is 15.6 Å². The summed E-state index contributed by atoms with van der Waals surface area (Å²) in [4.78, 5) is 28.3. The number of nitrogens with one attached hydrogen (secondary N) is 1. The van der Waals surface area contributed by atoms with Gasteiger partial charge in [0.2, 0.25) is 11.8 Å². The summed E-state index contributed by atoms with van der Waals surface area (Å²) in [5, 5.41) is 3.60. The van der Waals surface area contributed by atoms with Crippen molar-refractivity contribution in [2.75, 3.05) is 17.4 Å². The van der Waals surface area contributed by atoms with E-state index in [9.17, 15) is 18.0 Å². The van der Waals surface area contributed by atoms with Crippen LogP contribution in [0.2, 0.25) is 15.1 Å². The summed E-state index contributed by atoms with van der Waals surface area (Å²) < 4.78 is 28.7. The molecule has 3 aromatic rings. The van der Waals surface area contributed by atoms with Gasteiger partial charge in [-0.05, 0) is 62.2 Å². The van der Waals surface area contributed by atoms with E-state index in [1.54, 1.807) is 43.3 Å². The molecule has 0 saturated heterocycles. The Morgan fingerprint density at radius 1 is 0.950 bits per heavy atom. The summed E-state index contributed by atoms with van der Waals surface area (Å²) in [5.41, 5.74) is 1.52. The third-order valence-electron chi connectivity index (χ3n) is 6.36. The van der Waals surface area contributed by atoms with Gasteiger partial charge in [0.15, 0.2) is 0 Å². The van der Waals surface area contributed by atoms with Crippen molar-refractivity contribution < 1.29 is 18.0 Å². The van der Waals surface area contributed by atoms with Gasteiger partial charge in [-0.1, -0.05) is 84.0 Å². The Kier molecular flexibility index (Phi) is 11.3. The smallest absolute Gasteiger partial charge is 0.264 e. The molecule has 2 amide bonds. The highest BCUT2D eigenvalue weighted by Gasteiger charge is 2.33. The number of hydrogen-bond donors (Lipinski definition) is 1. The van der Waals surface area contributed by atoms with Crippen molar-refractivity contribution in [3.63, 3.8) is 0 Å². The van der Waals surface area contributed by atoms with Crippen LogP contribution in [0.5, 0.6) is 0 Å². The molecular weight excluding hydrogens is 593 g/mol. The van der Waals surface area contributed by atoms with Gasteiger partial charge in [-0.25, -0.2) is 8.42 Å². The number of nitrogens with zero attached hydrogens (tertiary/aromatic N) is 2. The minimum absolute atomic E-state index is 0.0113. The number of sulfonamides is 1. The van der Waals surface area contributed by atoms with Crippen molar-refractivity contribution in [3.8, 4) is 0 Å². The third-order valence-corrected chi connectivity index (χ3v) is 9.06. The van der Waals surface area contributed by atoms with Crippen molar-refractivity contribution in [3.05, 3.63) is 92.9 Å². The van der Waals surface area contributed by atoms with Gasteiger partial charge in [-0.15, -0.1) is 0 Å². The largest absolute Gasteiger partial charge is 0.354 e. The van der Waals surface area contributed by atoms with Gasteiger partial charge in [-0.2, -0.15) is 0 Å². The first kappa shape index (κ1) is 31.7. The molecule has 1 N–H and O–H groups in total. The van der Waals surface area contributed by atoms with Gasteiger partial charge in [0.25, 0.3) is 10.0 Å². The lowest BCUT2D eigenvalue weighted by Crippen LogP contribution is -2.51. The Bertz CT molecular complexity index is 1450. The highest BCUT2D eigenvalue weighted by molar-refractivity contribution is 7.92. The summed E-state index contributed by atoms with van der Waals surface area (Å²) in [6.45, 7) is 5.26. The summed E-state index contributed by atoms with van der Waals surface area (Å²) >= 11 is 19.0. The van der Waals surface area contributed by atoms with Crippen LogP contribution < -0.4 is 9.62 Å². The van der Waals surface area contributed by atoms with E-state index < -0.39 is 28.5 Å². The van der Waals surface area contributed by atoms with E-state index in [0.29, 0.717) is 17.1 Å². The zero-order chi connectivity index (χ0) is 29.4. The van der Waals surface area contributed by atoms with Crippen molar-refractivity contribution in [1.29, 1.82) is 0 Å². The van der Waals surface area contributed by atoms with Crippen LogP contribution in [0, 0.1) is 6.92 Å². The number of benzene rings is 3. The molecule has 1 atom stereocenters. The van der Waals surface area contributed by atoms with Crippen LogP contribution in [0.3, 0.4) is 0 Å². The number of carbonyl (C=O) groups excluding carboxylic acids is 2. The predicted molar refractivity (Wildman–Crippen MR) is 162 cm³/mol. The fraction of sp³-hybridized carbons (Fsp3) is 0.310. The average molecular weight is 625 g/mol. The maximum Gasteiger partial charge on any atom is 0.264 e. The Labute approximate surface area is 251 Å². The van der Waals surface area contributed by atoms with Gasteiger partial charge in [0, 0.05) is 23.1 Å². The molecule has 0 spiro atoms. The topological polar surface area (TPSA) is 86.8 Å². The highest BCUT2D eigenvalue weighted by Crippen LogP contribution is 2.33. The molecular formula is C29H32Cl3N3O4S. The van der Waals surface area contributed by atoms with Crippen LogP contribution >= 0.6 is 34.8 Å². The van der Waals surface area contributed by atoms with Crippen molar-refractivity contribution in [2.24, 2.45) is 0 Å². The Morgan fingerprint density at radius 2 is 1.62 bits per heavy atom. The lowest BCUT2D eigenvalue weighted by molar-refractivity contribution is -0.139. The number of carbonyl (C=O) groups is 2. The second-order valence-electron chi connectivity index (χ2n) is 9.35. The lowest BCUT2D eigenvalue weighted by atomic mass is 10.1. The Morgan fingerprint density at radius 3 is 2.27 bits per heavy atom. The Hall–Kier alpha value is -2.78. The molecule has 0 aromatic heterocycles. The molecule has 40 heavy (non-hydrogen) atoms. The number of unbranched alkanes of at least 4 members (excludes halogenated alkanes) is 1. The van der Waals surface area contributed by atoms with Crippen molar-refractivity contribution in [1.82, 2.24) is 10.2 Å². The number of hydrogen-bond acceptors (Lipinski definition) is 4. The van der Waals surface area contributed by atoms with Gasteiger partial charge in [0.1, 0.15) is 12.6 Å². The maximum atomic E-state index is 14.0. The van der Waals surface area contributed by atoms with E-state index in [1.165, 1.54) is 35.2 Å². The minimum atomic E-state index is -4.27. The zero-order valence-electron chi connectivity index (χ0n) is 22.5. The molecule has 214 valence electrons. The van der Waals surface area contributed by atoms with Gasteiger partial charge >= 0.3 is 0 Å². The van der Waals surface area contributed by atoms with E-state index in [-0.39, 0.29) is 33.1 Å². The summed E-state index contributed by atoms with van der Waals surface area (Å²) in [6, 6.07) is 16.7. The van der Waals surface area contributed by atoms with Gasteiger partial charge < -0.3 is 10.2 Å². The fourth-order valence-corrected chi connectivity index (χ4v) is 6.01. The molecule has 0 radical (unpaired) electrons. The standard InChI is InChI=1S/C29H32Cl3N3O4S/c1-4-5-16-33-29(37)21(3)34(18-22-8-6-7-9-25(22)31)28(36)19-35(27-17-23(30)12-15-26(27)32)40(38,39)24-13-10-20(2)11-14-24/h6-15,17,21H,4-5,16,18-19H2,1-3H3,(H,33,37). The maximum absolute atomic E-state index is 14.0. The SMILES string of the molecule is CCCCNC(=O)C(C)N(Cc1ccccc1Cl)C(=O)CN(c1cc(Cl)ccc1Cl)S(=O)(=O)c1ccc(C)cc1. The zero-order valence-corrected chi connectivity index (χ0v) is 25.6. The first-order chi connectivity index (χ1) is 18.9. The Balaban J connectivity index is 2.05. The molecule has 1 unspecified atom stereocenters. The lowest BCUT2D eigenvalue weighted by Gasteiger charge is -2.32. The van der Waals surface area contributed by atoms with Crippen molar-refractivity contribution >= 4 is 62.3 Å². The second kappa shape index (κ2) is 14.2. The van der Waals surface area contributed by atoms with Crippen LogP contribution in [-0.4, -0.2) is 44.3 Å². The number of rotatable bonds is 12. The predicted octanol–water partition coefficient (Wildman–Crippen LogP) is 6.48. The molecule has 0 aliphatic carbocycles. The quantitative estimate of drug-likeness (QED) is 0.234. The molecule has 7 nitrogen and oxygen atoms in total. The number of halogens is 3. The number of anilines is 1. The van der Waals surface area contributed by atoms with Crippen LogP contribution in [0.15, 0.2) is 71.6 Å². The second-order valence-corrected chi connectivity index (χ2v) is 12.5. The summed E-state index contributed by atoms with van der Waals surface area (Å²) in [5.74, 6) is -0.979. The molecule has 0 aliphatic rings. The van der Waals surface area contributed by atoms with Crippen LogP contribution in [0.25, 0.3) is 0 Å². The minimum Gasteiger partial charge on any atom is -0.354 e. The van der Waals surface area contributed by atoms with E-state index >= 15 is 0 Å². The average Bonchev–Trinajstić information content (AvgIpc) is 2.92. The highest BCUT2D eigenvalue weighted by atomic mass is 35.5. The van der Waals surface area contributed by atoms with E-state index in [0.717, 1.165) is 22.7 Å². The molecule has 0 heterocycles. The number of aryl methyl sites for hydroxylation is 1. The monoisotopic (exact) mass is 623 g/mol. The fourth-order valence-electron chi connectivity index (χ4n) is 3.96. The molecule has 0 saturated carbocycles. The molecule has 3 aromatic carbocycles. The van der Waals surface area contributed by atoms with Crippen molar-refractivity contribution in [2.45, 2.75) is 51.1 Å². The van der Waals surface area contributed by atoms with E-state index in [4.69, 9.17) is 34.8 Å². The first-order valence-corrected chi connectivity index (χ1v) is 15.4. The molecule has 0 aliphatic heterocycles.